The average molecular weight is 577 g/mol. The number of azo groups is 1. The van der Waals surface area contributed by atoms with Gasteiger partial charge in [0.15, 0.2) is 0 Å². The second kappa shape index (κ2) is 11.8. The van der Waals surface area contributed by atoms with Crippen LogP contribution in [0, 0.1) is 0 Å². The number of amides is 1. The smallest absolute Gasteiger partial charge is 0.460 e. The molecule has 0 aliphatic rings. The molecule has 1 amide bonds. The first-order valence-corrected chi connectivity index (χ1v) is 11.0. The molecule has 0 aromatic heterocycles. The third-order valence-electron chi connectivity index (χ3n) is 5.32. The van der Waals surface area contributed by atoms with Crippen LogP contribution in [0.25, 0.3) is 0 Å². The van der Waals surface area contributed by atoms with E-state index in [2.05, 4.69) is 10.2 Å². The van der Waals surface area contributed by atoms with Gasteiger partial charge in [-0.25, -0.2) is 0 Å². The zero-order valence-corrected chi connectivity index (χ0v) is 20.4. The Bertz CT molecular complexity index is 1130. The van der Waals surface area contributed by atoms with Gasteiger partial charge in [-0.1, -0.05) is 0 Å². The van der Waals surface area contributed by atoms with E-state index >= 15 is 0 Å². The molecule has 39 heavy (non-hydrogen) atoms. The van der Waals surface area contributed by atoms with Gasteiger partial charge in [0.2, 0.25) is 0 Å². The number of halogens is 10. The van der Waals surface area contributed by atoms with Gasteiger partial charge in [-0.2, -0.15) is 54.1 Å². The number of benzene rings is 2. The molecule has 0 unspecified atom stereocenters. The lowest BCUT2D eigenvalue weighted by Gasteiger charge is -2.31. The minimum Gasteiger partial charge on any atom is -0.488 e. The normalized spacial score (nSPS) is 13.5. The zero-order valence-electron chi connectivity index (χ0n) is 20.4. The molecule has 1 N–H and O–H groups in total. The van der Waals surface area contributed by atoms with Gasteiger partial charge in [-0.05, 0) is 48.5 Å². The molecule has 0 radical (unpaired) electrons. The minimum atomic E-state index is -6.60. The fourth-order valence-electron chi connectivity index (χ4n) is 2.87. The monoisotopic (exact) mass is 577 g/mol. The van der Waals surface area contributed by atoms with Crippen LogP contribution in [-0.4, -0.2) is 68.7 Å². The molecule has 0 atom stereocenters. The molecular weight excluding hydrogens is 554 g/mol. The van der Waals surface area contributed by atoms with E-state index in [1.807, 2.05) is 0 Å². The standard InChI is InChI=1S/C23H22F10N4O2/c1-37(2,12-11-34-19(38)20(24,25)22(29,30)23(31,32)33)13-14-39-18-9-7-17(8-10-18)36-35-16-5-3-15(4-6-16)21(26,27)28/h3-10H,11-14H2,1-2H3/p+1. The maximum Gasteiger partial charge on any atom is 0.460 e. The van der Waals surface area contributed by atoms with Crippen LogP contribution in [0.2, 0.25) is 0 Å². The van der Waals surface area contributed by atoms with Crippen LogP contribution in [0.15, 0.2) is 58.8 Å². The molecule has 0 saturated carbocycles. The summed E-state index contributed by atoms with van der Waals surface area (Å²) in [5.41, 5.74) is -0.235. The third kappa shape index (κ3) is 8.53. The summed E-state index contributed by atoms with van der Waals surface area (Å²) in [7, 11) is 3.17. The molecule has 2 rings (SSSR count). The Morgan fingerprint density at radius 2 is 1.28 bits per heavy atom. The highest BCUT2D eigenvalue weighted by Gasteiger charge is 2.76. The molecular formula is C23H23F10N4O2+. The van der Waals surface area contributed by atoms with Crippen molar-refractivity contribution >= 4 is 17.3 Å². The number of alkyl halides is 10. The molecule has 0 saturated heterocycles. The maximum atomic E-state index is 13.4. The fraction of sp³-hybridized carbons (Fsp3) is 0.435. The summed E-state index contributed by atoms with van der Waals surface area (Å²) in [6, 6.07) is 10.2. The molecule has 0 spiro atoms. The van der Waals surface area contributed by atoms with E-state index in [1.165, 1.54) is 41.7 Å². The molecule has 0 heterocycles. The molecule has 6 nitrogen and oxygen atoms in total. The highest BCUT2D eigenvalue weighted by atomic mass is 19.4. The zero-order chi connectivity index (χ0) is 29.7. The van der Waals surface area contributed by atoms with Crippen molar-refractivity contribution in [2.45, 2.75) is 24.2 Å². The van der Waals surface area contributed by atoms with Gasteiger partial charge >= 0.3 is 24.2 Å². The number of hydrogen-bond donors (Lipinski definition) is 1. The Kier molecular flexibility index (Phi) is 9.58. The van der Waals surface area contributed by atoms with Crippen LogP contribution in [-0.2, 0) is 11.0 Å². The number of ether oxygens (including phenoxy) is 1. The van der Waals surface area contributed by atoms with Crippen LogP contribution >= 0.6 is 0 Å². The molecule has 16 heteroatoms. The van der Waals surface area contributed by atoms with Crippen molar-refractivity contribution in [2.75, 3.05) is 40.3 Å². The second-order valence-corrected chi connectivity index (χ2v) is 8.87. The van der Waals surface area contributed by atoms with Gasteiger partial charge in [0.25, 0.3) is 5.91 Å². The number of carbonyl (C=O) groups excluding carboxylic acids is 1. The van der Waals surface area contributed by atoms with Crippen molar-refractivity contribution in [3.8, 4) is 5.75 Å². The van der Waals surface area contributed by atoms with Crippen LogP contribution in [0.5, 0.6) is 5.75 Å². The molecule has 216 valence electrons. The molecule has 0 aliphatic heterocycles. The number of likely N-dealkylation sites (N-methyl/N-ethyl adjacent to an activating group) is 1. The van der Waals surface area contributed by atoms with Gasteiger partial charge in [-0.3, -0.25) is 4.79 Å². The summed E-state index contributed by atoms with van der Waals surface area (Å²) in [6.07, 6.45) is -11.1. The van der Waals surface area contributed by atoms with Crippen LogP contribution < -0.4 is 10.1 Å². The number of quaternary nitrogens is 1. The van der Waals surface area contributed by atoms with Crippen molar-refractivity contribution in [3.05, 3.63) is 54.1 Å². The largest absolute Gasteiger partial charge is 0.488 e. The Morgan fingerprint density at radius 1 is 0.795 bits per heavy atom. The number of carbonyl (C=O) groups is 1. The maximum absolute atomic E-state index is 13.4. The molecule has 2 aromatic carbocycles. The lowest BCUT2D eigenvalue weighted by Crippen LogP contribution is -2.60. The topological polar surface area (TPSA) is 63.0 Å². The van der Waals surface area contributed by atoms with Gasteiger partial charge < -0.3 is 14.5 Å². The van der Waals surface area contributed by atoms with Gasteiger partial charge in [0.1, 0.15) is 18.9 Å². The molecule has 0 aliphatic carbocycles. The molecule has 0 bridgehead atoms. The van der Waals surface area contributed by atoms with Gasteiger partial charge in [0, 0.05) is 0 Å². The highest BCUT2D eigenvalue weighted by molar-refractivity contribution is 5.84. The van der Waals surface area contributed by atoms with Crippen molar-refractivity contribution in [2.24, 2.45) is 10.2 Å². The van der Waals surface area contributed by atoms with E-state index < -0.39 is 42.2 Å². The number of nitrogens with zero attached hydrogens (tertiary/aromatic N) is 3. The van der Waals surface area contributed by atoms with Crippen LogP contribution in [0.1, 0.15) is 5.56 Å². The van der Waals surface area contributed by atoms with E-state index in [4.69, 9.17) is 4.74 Å². The summed E-state index contributed by atoms with van der Waals surface area (Å²) in [5.74, 6) is -14.8. The highest BCUT2D eigenvalue weighted by Crippen LogP contribution is 2.46. The quantitative estimate of drug-likeness (QED) is 0.188. The van der Waals surface area contributed by atoms with Gasteiger partial charge in [0.05, 0.1) is 44.1 Å². The first-order valence-electron chi connectivity index (χ1n) is 11.0. The summed E-state index contributed by atoms with van der Waals surface area (Å²) in [6.45, 7) is -0.379. The summed E-state index contributed by atoms with van der Waals surface area (Å²) >= 11 is 0. The van der Waals surface area contributed by atoms with E-state index in [1.54, 1.807) is 14.1 Å². The number of hydrogen-bond acceptors (Lipinski definition) is 4. The first-order chi connectivity index (χ1) is 17.8. The van der Waals surface area contributed by atoms with Crippen molar-refractivity contribution < 1.29 is 57.9 Å². The Balaban J connectivity index is 1.81. The van der Waals surface area contributed by atoms with Crippen molar-refractivity contribution in [1.82, 2.24) is 5.32 Å². The SMILES string of the molecule is C[N+](C)(CCNC(=O)C(F)(F)C(F)(F)C(F)(F)F)CCOc1ccc(N=Nc2ccc(C(F)(F)F)cc2)cc1. The van der Waals surface area contributed by atoms with Crippen molar-refractivity contribution in [1.29, 1.82) is 0 Å². The Labute approximate surface area is 215 Å². The lowest BCUT2D eigenvalue weighted by molar-refractivity contribution is -0.889. The molecule has 0 fully saturated rings. The predicted molar refractivity (Wildman–Crippen MR) is 118 cm³/mol. The Morgan fingerprint density at radius 3 is 1.74 bits per heavy atom. The minimum absolute atomic E-state index is 0.0287. The molecule has 2 aromatic rings. The summed E-state index contributed by atoms with van der Waals surface area (Å²) in [4.78, 5) is 11.3. The third-order valence-corrected chi connectivity index (χ3v) is 5.32. The average Bonchev–Trinajstić information content (AvgIpc) is 2.82. The van der Waals surface area contributed by atoms with E-state index in [0.717, 1.165) is 12.1 Å². The lowest BCUT2D eigenvalue weighted by atomic mass is 10.1. The first kappa shape index (κ1) is 31.8. The summed E-state index contributed by atoms with van der Waals surface area (Å²) < 4.78 is 133. The van der Waals surface area contributed by atoms with E-state index in [0.29, 0.717) is 11.4 Å². The Hall–Kier alpha value is -3.43. The second-order valence-electron chi connectivity index (χ2n) is 8.87. The van der Waals surface area contributed by atoms with Crippen LogP contribution in [0.3, 0.4) is 0 Å². The van der Waals surface area contributed by atoms with Gasteiger partial charge in [-0.15, -0.1) is 0 Å². The fourth-order valence-corrected chi connectivity index (χ4v) is 2.87. The van der Waals surface area contributed by atoms with E-state index in [9.17, 15) is 48.7 Å². The predicted octanol–water partition coefficient (Wildman–Crippen LogP) is 6.53. The number of rotatable bonds is 11. The summed E-state index contributed by atoms with van der Waals surface area (Å²) in [5, 5.41) is 9.17. The van der Waals surface area contributed by atoms with Crippen molar-refractivity contribution in [3.63, 3.8) is 0 Å². The van der Waals surface area contributed by atoms with Crippen LogP contribution in [0.4, 0.5) is 55.3 Å². The number of nitrogens with one attached hydrogen (secondary N) is 1. The van der Waals surface area contributed by atoms with E-state index in [-0.39, 0.29) is 29.9 Å².